The van der Waals surface area contributed by atoms with Gasteiger partial charge in [0.1, 0.15) is 10.6 Å². The second kappa shape index (κ2) is 5.56. The minimum atomic E-state index is 0.360. The highest BCUT2D eigenvalue weighted by atomic mass is 32.1. The third-order valence-electron chi connectivity index (χ3n) is 4.23. The third-order valence-corrected chi connectivity index (χ3v) is 5.17. The Morgan fingerprint density at radius 3 is 2.80 bits per heavy atom. The molecule has 0 spiro atoms. The van der Waals surface area contributed by atoms with Gasteiger partial charge in [0.15, 0.2) is 0 Å². The normalized spacial score (nSPS) is 23.1. The van der Waals surface area contributed by atoms with Gasteiger partial charge in [-0.2, -0.15) is 4.98 Å². The first-order valence-electron chi connectivity index (χ1n) is 7.39. The molecule has 3 rings (SSSR count). The van der Waals surface area contributed by atoms with Crippen LogP contribution in [0, 0.1) is 18.8 Å². The van der Waals surface area contributed by atoms with E-state index < -0.39 is 0 Å². The lowest BCUT2D eigenvalue weighted by molar-refractivity contribution is 0.300. The standard InChI is InChI=1S/C15H22N4S/c1-9-3-5-11(6-4-9)8-17-13-12-7-10(2)20-14(12)19-15(16)18-13/h7,9,11H,3-6,8H2,1-2H3,(H3,16,17,18,19). The maximum Gasteiger partial charge on any atom is 0.223 e. The van der Waals surface area contributed by atoms with Crippen molar-refractivity contribution >= 4 is 33.3 Å². The highest BCUT2D eigenvalue weighted by Crippen LogP contribution is 2.31. The highest BCUT2D eigenvalue weighted by Gasteiger charge is 2.18. The molecular weight excluding hydrogens is 268 g/mol. The van der Waals surface area contributed by atoms with Crippen molar-refractivity contribution in [2.75, 3.05) is 17.6 Å². The van der Waals surface area contributed by atoms with Crippen LogP contribution in [-0.4, -0.2) is 16.5 Å². The van der Waals surface area contributed by atoms with Crippen molar-refractivity contribution < 1.29 is 0 Å². The van der Waals surface area contributed by atoms with Crippen molar-refractivity contribution in [2.24, 2.45) is 11.8 Å². The molecule has 0 unspecified atom stereocenters. The van der Waals surface area contributed by atoms with Gasteiger partial charge in [0, 0.05) is 11.4 Å². The van der Waals surface area contributed by atoms with Crippen LogP contribution in [0.15, 0.2) is 6.07 Å². The molecule has 1 saturated carbocycles. The summed E-state index contributed by atoms with van der Waals surface area (Å²) in [6, 6.07) is 2.14. The van der Waals surface area contributed by atoms with E-state index in [1.807, 2.05) is 0 Å². The lowest BCUT2D eigenvalue weighted by Gasteiger charge is -2.26. The van der Waals surface area contributed by atoms with Gasteiger partial charge in [-0.1, -0.05) is 19.8 Å². The smallest absolute Gasteiger partial charge is 0.223 e. The number of nitrogens with two attached hydrogens (primary N) is 1. The summed E-state index contributed by atoms with van der Waals surface area (Å²) in [4.78, 5) is 10.9. The number of thiophene rings is 1. The summed E-state index contributed by atoms with van der Waals surface area (Å²) in [5, 5.41) is 4.60. The Hall–Kier alpha value is -1.36. The number of fused-ring (bicyclic) bond motifs is 1. The molecule has 108 valence electrons. The molecular formula is C15H22N4S. The largest absolute Gasteiger partial charge is 0.369 e. The van der Waals surface area contributed by atoms with E-state index in [1.165, 1.54) is 30.6 Å². The first kappa shape index (κ1) is 13.6. The van der Waals surface area contributed by atoms with E-state index in [0.29, 0.717) is 5.95 Å². The topological polar surface area (TPSA) is 63.8 Å². The van der Waals surface area contributed by atoms with Gasteiger partial charge in [0.25, 0.3) is 0 Å². The number of aryl methyl sites for hydroxylation is 1. The van der Waals surface area contributed by atoms with Gasteiger partial charge in [-0.05, 0) is 37.7 Å². The van der Waals surface area contributed by atoms with Crippen LogP contribution in [0.2, 0.25) is 0 Å². The Kier molecular flexibility index (Phi) is 3.78. The van der Waals surface area contributed by atoms with Crippen LogP contribution >= 0.6 is 11.3 Å². The molecule has 5 heteroatoms. The molecule has 0 aliphatic heterocycles. The van der Waals surface area contributed by atoms with Crippen LogP contribution in [0.1, 0.15) is 37.5 Å². The molecule has 1 aliphatic carbocycles. The summed E-state index contributed by atoms with van der Waals surface area (Å²) >= 11 is 1.67. The van der Waals surface area contributed by atoms with E-state index in [2.05, 4.69) is 35.2 Å². The number of nitrogen functional groups attached to an aromatic ring is 1. The van der Waals surface area contributed by atoms with Crippen LogP contribution < -0.4 is 11.1 Å². The molecule has 2 aromatic rings. The van der Waals surface area contributed by atoms with Gasteiger partial charge in [-0.25, -0.2) is 4.98 Å². The number of hydrogen-bond donors (Lipinski definition) is 2. The number of rotatable bonds is 3. The Bertz CT molecular complexity index is 599. The van der Waals surface area contributed by atoms with Crippen molar-refractivity contribution in [1.29, 1.82) is 0 Å². The number of hydrogen-bond acceptors (Lipinski definition) is 5. The number of anilines is 2. The fourth-order valence-electron chi connectivity index (χ4n) is 2.97. The Labute approximate surface area is 123 Å². The van der Waals surface area contributed by atoms with Gasteiger partial charge in [-0.3, -0.25) is 0 Å². The maximum atomic E-state index is 5.81. The summed E-state index contributed by atoms with van der Waals surface area (Å²) in [5.41, 5.74) is 5.81. The molecule has 0 atom stereocenters. The summed E-state index contributed by atoms with van der Waals surface area (Å²) in [6.07, 6.45) is 5.34. The zero-order valence-electron chi connectivity index (χ0n) is 12.1. The van der Waals surface area contributed by atoms with Gasteiger partial charge >= 0.3 is 0 Å². The monoisotopic (exact) mass is 290 g/mol. The molecule has 0 saturated heterocycles. The number of nitrogens with one attached hydrogen (secondary N) is 1. The average molecular weight is 290 g/mol. The van der Waals surface area contributed by atoms with Crippen LogP contribution in [0.25, 0.3) is 10.2 Å². The zero-order valence-corrected chi connectivity index (χ0v) is 13.0. The fraction of sp³-hybridized carbons (Fsp3) is 0.600. The summed E-state index contributed by atoms with van der Waals surface area (Å²) in [7, 11) is 0. The van der Waals surface area contributed by atoms with Crippen molar-refractivity contribution in [3.63, 3.8) is 0 Å². The van der Waals surface area contributed by atoms with Gasteiger partial charge in [0.2, 0.25) is 5.95 Å². The van der Waals surface area contributed by atoms with Crippen molar-refractivity contribution in [3.05, 3.63) is 10.9 Å². The Morgan fingerprint density at radius 1 is 1.30 bits per heavy atom. The van der Waals surface area contributed by atoms with Gasteiger partial charge in [-0.15, -0.1) is 11.3 Å². The zero-order chi connectivity index (χ0) is 14.1. The van der Waals surface area contributed by atoms with Crippen LogP contribution in [-0.2, 0) is 0 Å². The van der Waals surface area contributed by atoms with Gasteiger partial charge < -0.3 is 11.1 Å². The van der Waals surface area contributed by atoms with Crippen LogP contribution in [0.3, 0.4) is 0 Å². The Balaban J connectivity index is 1.73. The molecule has 4 nitrogen and oxygen atoms in total. The minimum absolute atomic E-state index is 0.360. The molecule has 3 N–H and O–H groups in total. The highest BCUT2D eigenvalue weighted by molar-refractivity contribution is 7.18. The summed E-state index contributed by atoms with van der Waals surface area (Å²) in [6.45, 7) is 5.44. The molecule has 2 heterocycles. The van der Waals surface area contributed by atoms with E-state index in [1.54, 1.807) is 11.3 Å². The second-order valence-electron chi connectivity index (χ2n) is 6.01. The van der Waals surface area contributed by atoms with E-state index >= 15 is 0 Å². The second-order valence-corrected chi connectivity index (χ2v) is 7.25. The minimum Gasteiger partial charge on any atom is -0.369 e. The lowest BCUT2D eigenvalue weighted by atomic mass is 9.83. The summed E-state index contributed by atoms with van der Waals surface area (Å²) < 4.78 is 0. The van der Waals surface area contributed by atoms with E-state index in [4.69, 9.17) is 5.73 Å². The summed E-state index contributed by atoms with van der Waals surface area (Å²) in [5.74, 6) is 2.92. The predicted octanol–water partition coefficient (Wildman–Crippen LogP) is 3.82. The number of nitrogens with zero attached hydrogens (tertiary/aromatic N) is 2. The number of aromatic nitrogens is 2. The predicted molar refractivity (Wildman–Crippen MR) is 86.2 cm³/mol. The van der Waals surface area contributed by atoms with Crippen molar-refractivity contribution in [2.45, 2.75) is 39.5 Å². The van der Waals surface area contributed by atoms with E-state index in [0.717, 1.165) is 34.4 Å². The molecule has 1 fully saturated rings. The van der Waals surface area contributed by atoms with Crippen LogP contribution in [0.5, 0.6) is 0 Å². The molecule has 0 aromatic carbocycles. The maximum absolute atomic E-state index is 5.81. The molecule has 0 bridgehead atoms. The van der Waals surface area contributed by atoms with Crippen LogP contribution in [0.4, 0.5) is 11.8 Å². The third kappa shape index (κ3) is 2.87. The van der Waals surface area contributed by atoms with Gasteiger partial charge in [0.05, 0.1) is 5.39 Å². The lowest BCUT2D eigenvalue weighted by Crippen LogP contribution is -2.20. The molecule has 20 heavy (non-hydrogen) atoms. The first-order chi connectivity index (χ1) is 9.61. The Morgan fingerprint density at radius 2 is 2.05 bits per heavy atom. The van der Waals surface area contributed by atoms with E-state index in [-0.39, 0.29) is 0 Å². The van der Waals surface area contributed by atoms with Crippen molar-refractivity contribution in [1.82, 2.24) is 9.97 Å². The quantitative estimate of drug-likeness (QED) is 0.902. The first-order valence-corrected chi connectivity index (χ1v) is 8.21. The molecule has 0 amide bonds. The SMILES string of the molecule is Cc1cc2c(NCC3CCC(C)CC3)nc(N)nc2s1. The molecule has 2 aromatic heterocycles. The van der Waals surface area contributed by atoms with Crippen molar-refractivity contribution in [3.8, 4) is 0 Å². The fourth-order valence-corrected chi connectivity index (χ4v) is 3.85. The van der Waals surface area contributed by atoms with E-state index in [9.17, 15) is 0 Å². The molecule has 0 radical (unpaired) electrons. The molecule has 1 aliphatic rings. The average Bonchev–Trinajstić information content (AvgIpc) is 2.78.